The molecule has 2 aliphatic carbocycles. The molecule has 5 nitrogen and oxygen atoms in total. The number of aliphatic hydroxyl groups is 1. The van der Waals surface area contributed by atoms with Crippen LogP contribution < -0.4 is 0 Å². The molecule has 2 aromatic heterocycles. The van der Waals surface area contributed by atoms with Crippen molar-refractivity contribution < 1.29 is 19.7 Å². The first kappa shape index (κ1) is 25.1. The van der Waals surface area contributed by atoms with Crippen molar-refractivity contribution in [1.29, 1.82) is 0 Å². The number of allylic oxidation sites excluding steroid dienone is 2. The maximum absolute atomic E-state index is 12.6. The molecule has 2 aliphatic rings. The first-order valence-electron chi connectivity index (χ1n) is 12.5. The fraction of sp³-hybridized carbons (Fsp3) is 0.571. The van der Waals surface area contributed by atoms with Crippen LogP contribution in [0.4, 0.5) is 0 Å². The summed E-state index contributed by atoms with van der Waals surface area (Å²) in [4.78, 5) is 19.9. The van der Waals surface area contributed by atoms with Crippen molar-refractivity contribution in [1.82, 2.24) is 4.98 Å². The molecule has 184 valence electrons. The number of pyridine rings is 1. The van der Waals surface area contributed by atoms with E-state index in [9.17, 15) is 15.0 Å². The van der Waals surface area contributed by atoms with Gasteiger partial charge in [-0.05, 0) is 81.9 Å². The molecule has 0 fully saturated rings. The van der Waals surface area contributed by atoms with E-state index in [0.29, 0.717) is 30.0 Å². The zero-order chi connectivity index (χ0) is 24.8. The van der Waals surface area contributed by atoms with Crippen LogP contribution in [-0.2, 0) is 16.0 Å². The Morgan fingerprint density at radius 2 is 2.06 bits per heavy atom. The largest absolute Gasteiger partial charge is 0.479 e. The van der Waals surface area contributed by atoms with E-state index in [1.807, 2.05) is 33.8 Å². The number of nitrogens with zero attached hydrogens (tertiary/aromatic N) is 1. The van der Waals surface area contributed by atoms with Crippen molar-refractivity contribution in [2.45, 2.75) is 104 Å². The second-order valence-electron chi connectivity index (χ2n) is 10.4. The number of rotatable bonds is 7. The molecule has 0 aliphatic heterocycles. The molecule has 2 aromatic rings. The van der Waals surface area contributed by atoms with Crippen LogP contribution >= 0.6 is 11.3 Å². The van der Waals surface area contributed by atoms with Crippen molar-refractivity contribution in [3.8, 4) is 0 Å². The number of aliphatic carboxylic acids is 1. The second-order valence-corrected chi connectivity index (χ2v) is 11.5. The molecule has 0 amide bonds. The number of hydrogen-bond acceptors (Lipinski definition) is 5. The van der Waals surface area contributed by atoms with E-state index in [2.05, 4.69) is 19.9 Å². The lowest BCUT2D eigenvalue weighted by atomic mass is 9.80. The lowest BCUT2D eigenvalue weighted by Gasteiger charge is -2.32. The van der Waals surface area contributed by atoms with E-state index in [-0.39, 0.29) is 0 Å². The zero-order valence-electron chi connectivity index (χ0n) is 21.2. The van der Waals surface area contributed by atoms with Gasteiger partial charge >= 0.3 is 5.97 Å². The Labute approximate surface area is 206 Å². The van der Waals surface area contributed by atoms with Crippen molar-refractivity contribution in [2.75, 3.05) is 0 Å². The minimum absolute atomic E-state index is 0.368. The fourth-order valence-corrected chi connectivity index (χ4v) is 6.65. The Bertz CT molecular complexity index is 1170. The van der Waals surface area contributed by atoms with Gasteiger partial charge in [-0.2, -0.15) is 0 Å². The van der Waals surface area contributed by atoms with Crippen molar-refractivity contribution >= 4 is 33.1 Å². The number of aryl methyl sites for hydroxylation is 2. The lowest BCUT2D eigenvalue weighted by molar-refractivity contribution is -0.162. The Morgan fingerprint density at radius 1 is 1.32 bits per heavy atom. The highest BCUT2D eigenvalue weighted by Crippen LogP contribution is 2.48. The highest BCUT2D eigenvalue weighted by molar-refractivity contribution is 7.18. The van der Waals surface area contributed by atoms with Gasteiger partial charge in [0.25, 0.3) is 0 Å². The maximum Gasteiger partial charge on any atom is 0.337 e. The van der Waals surface area contributed by atoms with Crippen molar-refractivity contribution in [2.24, 2.45) is 0 Å². The number of thiophene rings is 1. The molecule has 0 aromatic carbocycles. The zero-order valence-corrected chi connectivity index (χ0v) is 22.0. The summed E-state index contributed by atoms with van der Waals surface area (Å²) in [6.45, 7) is 12.1. The highest BCUT2D eigenvalue weighted by atomic mass is 32.1. The molecule has 2 unspecified atom stereocenters. The standard InChI is InChI=1S/C28H37NO4S/c1-7-17-12-13-18(19(30)14-17)23-22(25(27(31)32)33-28(5,6)8-2)16(4)29-26-24(23)21-15(3)10-9-11-20(21)34-26/h12-13,15,19,25,30H,7-11,14H2,1-6H3,(H,31,32)/t15?,19?,25-/m0/s1. The molecule has 2 heterocycles. The van der Waals surface area contributed by atoms with Gasteiger partial charge in [-0.25, -0.2) is 9.78 Å². The smallest absolute Gasteiger partial charge is 0.337 e. The number of aromatic nitrogens is 1. The van der Waals surface area contributed by atoms with E-state index in [1.54, 1.807) is 11.3 Å². The minimum atomic E-state index is -1.17. The van der Waals surface area contributed by atoms with Crippen LogP contribution in [0.5, 0.6) is 0 Å². The average Bonchev–Trinajstić information content (AvgIpc) is 3.16. The quantitative estimate of drug-likeness (QED) is 0.450. The average molecular weight is 484 g/mol. The molecule has 3 atom stereocenters. The third-order valence-corrected chi connectivity index (χ3v) is 8.71. The third-order valence-electron chi connectivity index (χ3n) is 7.55. The maximum atomic E-state index is 12.6. The molecular formula is C28H37NO4S. The molecule has 0 saturated heterocycles. The van der Waals surface area contributed by atoms with E-state index in [4.69, 9.17) is 9.72 Å². The molecule has 0 radical (unpaired) electrons. The van der Waals surface area contributed by atoms with E-state index < -0.39 is 23.8 Å². The molecule has 0 saturated carbocycles. The van der Waals surface area contributed by atoms with Crippen LogP contribution in [0, 0.1) is 6.92 Å². The summed E-state index contributed by atoms with van der Waals surface area (Å²) < 4.78 is 6.26. The molecule has 34 heavy (non-hydrogen) atoms. The van der Waals surface area contributed by atoms with Gasteiger partial charge < -0.3 is 14.9 Å². The number of carboxylic acids is 1. The van der Waals surface area contributed by atoms with Crippen LogP contribution in [0.1, 0.15) is 106 Å². The second kappa shape index (κ2) is 9.56. The summed E-state index contributed by atoms with van der Waals surface area (Å²) in [7, 11) is 0. The summed E-state index contributed by atoms with van der Waals surface area (Å²) in [6.07, 6.45) is 7.63. The van der Waals surface area contributed by atoms with Crippen molar-refractivity contribution in [3.05, 3.63) is 45.0 Å². The molecular weight excluding hydrogens is 446 g/mol. The van der Waals surface area contributed by atoms with Gasteiger partial charge in [0, 0.05) is 21.5 Å². The summed E-state index contributed by atoms with van der Waals surface area (Å²) in [5.74, 6) is -0.659. The lowest BCUT2D eigenvalue weighted by Crippen LogP contribution is -2.31. The normalized spacial score (nSPS) is 21.7. The van der Waals surface area contributed by atoms with Gasteiger partial charge in [-0.1, -0.05) is 38.5 Å². The van der Waals surface area contributed by atoms with Crippen LogP contribution in [-0.4, -0.2) is 32.9 Å². The Morgan fingerprint density at radius 3 is 2.68 bits per heavy atom. The number of carbonyl (C=O) groups is 1. The van der Waals surface area contributed by atoms with Crippen LogP contribution in [0.25, 0.3) is 15.8 Å². The van der Waals surface area contributed by atoms with Crippen LogP contribution in [0.15, 0.2) is 17.7 Å². The Balaban J connectivity index is 2.08. The van der Waals surface area contributed by atoms with Crippen LogP contribution in [0.2, 0.25) is 0 Å². The Hall–Kier alpha value is -2.02. The van der Waals surface area contributed by atoms with Gasteiger partial charge in [0.1, 0.15) is 4.83 Å². The number of hydrogen-bond donors (Lipinski definition) is 2. The van der Waals surface area contributed by atoms with E-state index in [1.165, 1.54) is 16.0 Å². The molecule has 0 bridgehead atoms. The monoisotopic (exact) mass is 483 g/mol. The third kappa shape index (κ3) is 4.48. The SMILES string of the molecule is CCC1=CC=C(c2c([C@H](OC(C)(C)CC)C(=O)O)c(C)nc3sc4c(c23)C(C)CCC4)C(O)C1. The molecule has 4 rings (SSSR count). The topological polar surface area (TPSA) is 79.7 Å². The number of fused-ring (bicyclic) bond motifs is 3. The number of aliphatic hydroxyl groups excluding tert-OH is 1. The van der Waals surface area contributed by atoms with Gasteiger partial charge in [0.15, 0.2) is 6.10 Å². The summed E-state index contributed by atoms with van der Waals surface area (Å²) in [5.41, 5.74) is 4.71. The van der Waals surface area contributed by atoms with Crippen LogP contribution in [0.3, 0.4) is 0 Å². The predicted octanol–water partition coefficient (Wildman–Crippen LogP) is 6.86. The minimum Gasteiger partial charge on any atom is -0.479 e. The predicted molar refractivity (Wildman–Crippen MR) is 139 cm³/mol. The number of carboxylic acid groups (broad SMARTS) is 1. The molecule has 0 spiro atoms. The van der Waals surface area contributed by atoms with E-state index in [0.717, 1.165) is 47.0 Å². The summed E-state index contributed by atoms with van der Waals surface area (Å²) in [5, 5.41) is 22.7. The molecule has 2 N–H and O–H groups in total. The number of ether oxygens (including phenoxy) is 1. The first-order valence-corrected chi connectivity index (χ1v) is 13.3. The van der Waals surface area contributed by atoms with Crippen molar-refractivity contribution in [3.63, 3.8) is 0 Å². The van der Waals surface area contributed by atoms with E-state index >= 15 is 0 Å². The molecule has 6 heteroatoms. The Kier molecular flexibility index (Phi) is 7.05. The van der Waals surface area contributed by atoms with Gasteiger partial charge in [0.05, 0.1) is 11.7 Å². The fourth-order valence-electron chi connectivity index (χ4n) is 5.26. The summed E-state index contributed by atoms with van der Waals surface area (Å²) in [6, 6.07) is 0. The van der Waals surface area contributed by atoms with Gasteiger partial charge in [-0.15, -0.1) is 11.3 Å². The van der Waals surface area contributed by atoms with Gasteiger partial charge in [0.2, 0.25) is 0 Å². The highest BCUT2D eigenvalue weighted by Gasteiger charge is 2.37. The first-order chi connectivity index (χ1) is 16.1. The summed E-state index contributed by atoms with van der Waals surface area (Å²) >= 11 is 1.72. The van der Waals surface area contributed by atoms with Gasteiger partial charge in [-0.3, -0.25) is 0 Å².